The third-order valence-corrected chi connectivity index (χ3v) is 5.89. The van der Waals surface area contributed by atoms with E-state index in [1.165, 1.54) is 19.1 Å². The first-order chi connectivity index (χ1) is 13.9. The Hall–Kier alpha value is -3.26. The Labute approximate surface area is 169 Å². The van der Waals surface area contributed by atoms with Gasteiger partial charge in [-0.15, -0.1) is 0 Å². The smallest absolute Gasteiger partial charge is 0.391 e. The van der Waals surface area contributed by atoms with Crippen LogP contribution in [0.5, 0.6) is 11.5 Å². The second-order valence-electron chi connectivity index (χ2n) is 6.11. The van der Waals surface area contributed by atoms with Gasteiger partial charge in [0.1, 0.15) is 35.5 Å². The van der Waals surface area contributed by atoms with Gasteiger partial charge in [0.15, 0.2) is 0 Å². The van der Waals surface area contributed by atoms with E-state index in [9.17, 15) is 19.5 Å². The van der Waals surface area contributed by atoms with Gasteiger partial charge in [0.25, 0.3) is 0 Å². The average molecular weight is 414 g/mol. The molecule has 0 spiro atoms. The van der Waals surface area contributed by atoms with E-state index < -0.39 is 28.5 Å². The van der Waals surface area contributed by atoms with Crippen LogP contribution in [-0.4, -0.2) is 30.6 Å². The van der Waals surface area contributed by atoms with E-state index in [0.29, 0.717) is 5.39 Å². The van der Waals surface area contributed by atoms with Crippen molar-refractivity contribution in [3.05, 3.63) is 64.5 Å². The number of carbonyl (C=O) groups is 2. The van der Waals surface area contributed by atoms with Gasteiger partial charge in [-0.2, -0.15) is 0 Å². The SMILES string of the molecule is CC(=O)Oc1ccccc1C(=O)OCC[S+](C)c1c([O-])c2ccccc2oc1=O. The molecule has 7 nitrogen and oxygen atoms in total. The van der Waals surface area contributed by atoms with E-state index in [2.05, 4.69) is 0 Å². The van der Waals surface area contributed by atoms with Crippen molar-refractivity contribution < 1.29 is 28.6 Å². The number of benzene rings is 2. The number of para-hydroxylation sites is 2. The molecule has 3 aromatic rings. The van der Waals surface area contributed by atoms with Crippen molar-refractivity contribution in [1.82, 2.24) is 0 Å². The maximum Gasteiger partial charge on any atom is 0.391 e. The zero-order valence-electron chi connectivity index (χ0n) is 15.8. The molecule has 0 saturated heterocycles. The molecule has 0 aliphatic rings. The second-order valence-corrected chi connectivity index (χ2v) is 8.20. The summed E-state index contributed by atoms with van der Waals surface area (Å²) in [6.07, 6.45) is 1.73. The van der Waals surface area contributed by atoms with Crippen LogP contribution in [0.15, 0.2) is 62.6 Å². The first kappa shape index (κ1) is 20.5. The van der Waals surface area contributed by atoms with Crippen molar-refractivity contribution in [1.29, 1.82) is 0 Å². The molecule has 0 radical (unpaired) electrons. The number of hydrogen-bond donors (Lipinski definition) is 0. The molecule has 2 aromatic carbocycles. The summed E-state index contributed by atoms with van der Waals surface area (Å²) in [5.74, 6) is -1.19. The van der Waals surface area contributed by atoms with Gasteiger partial charge in [-0.3, -0.25) is 4.79 Å². The lowest BCUT2D eigenvalue weighted by molar-refractivity contribution is -0.270. The predicted molar refractivity (Wildman–Crippen MR) is 106 cm³/mol. The molecule has 3 rings (SSSR count). The lowest BCUT2D eigenvalue weighted by atomic mass is 10.2. The summed E-state index contributed by atoms with van der Waals surface area (Å²) in [5, 5.41) is 13.0. The zero-order valence-corrected chi connectivity index (χ0v) is 16.6. The van der Waals surface area contributed by atoms with Gasteiger partial charge in [-0.05, 0) is 23.9 Å². The van der Waals surface area contributed by atoms with Gasteiger partial charge in [-0.1, -0.05) is 30.3 Å². The third-order valence-electron chi connectivity index (χ3n) is 4.06. The highest BCUT2D eigenvalue weighted by atomic mass is 32.2. The molecule has 0 aliphatic heterocycles. The van der Waals surface area contributed by atoms with Crippen molar-refractivity contribution in [2.45, 2.75) is 11.8 Å². The molecule has 0 fully saturated rings. The largest absolute Gasteiger partial charge is 0.868 e. The van der Waals surface area contributed by atoms with Crippen LogP contribution in [0.3, 0.4) is 0 Å². The first-order valence-electron chi connectivity index (χ1n) is 8.68. The molecular formula is C21H18O7S. The molecule has 1 heterocycles. The third kappa shape index (κ3) is 4.60. The minimum atomic E-state index is -0.781. The lowest BCUT2D eigenvalue weighted by Gasteiger charge is -2.13. The topological polar surface area (TPSA) is 106 Å². The van der Waals surface area contributed by atoms with Crippen molar-refractivity contribution in [3.8, 4) is 11.5 Å². The summed E-state index contributed by atoms with van der Waals surface area (Å²) in [5.41, 5.74) is -0.309. The normalized spacial score (nSPS) is 11.8. The average Bonchev–Trinajstić information content (AvgIpc) is 2.68. The highest BCUT2D eigenvalue weighted by Crippen LogP contribution is 2.27. The van der Waals surface area contributed by atoms with E-state index in [4.69, 9.17) is 13.9 Å². The Morgan fingerprint density at radius 1 is 1.10 bits per heavy atom. The Balaban J connectivity index is 1.70. The van der Waals surface area contributed by atoms with E-state index in [-0.39, 0.29) is 39.9 Å². The molecule has 0 bridgehead atoms. The summed E-state index contributed by atoms with van der Waals surface area (Å²) in [6.45, 7) is 1.22. The van der Waals surface area contributed by atoms with Crippen LogP contribution in [0.2, 0.25) is 0 Å². The van der Waals surface area contributed by atoms with Crippen LogP contribution in [0.1, 0.15) is 17.3 Å². The molecular weight excluding hydrogens is 396 g/mol. The Kier molecular flexibility index (Phi) is 6.23. The van der Waals surface area contributed by atoms with E-state index in [1.54, 1.807) is 42.7 Å². The summed E-state index contributed by atoms with van der Waals surface area (Å²) < 4.78 is 15.5. The predicted octanol–water partition coefficient (Wildman–Crippen LogP) is 2.26. The number of hydrogen-bond acceptors (Lipinski definition) is 7. The number of ether oxygens (including phenoxy) is 2. The number of esters is 2. The number of carbonyl (C=O) groups excluding carboxylic acids is 2. The fourth-order valence-electron chi connectivity index (χ4n) is 2.72. The highest BCUT2D eigenvalue weighted by molar-refractivity contribution is 7.96. The van der Waals surface area contributed by atoms with Crippen LogP contribution >= 0.6 is 0 Å². The Bertz CT molecular complexity index is 1120. The quantitative estimate of drug-likeness (QED) is 0.264. The molecule has 1 atom stereocenters. The molecule has 29 heavy (non-hydrogen) atoms. The summed E-state index contributed by atoms with van der Waals surface area (Å²) in [6, 6.07) is 12.8. The monoisotopic (exact) mass is 414 g/mol. The van der Waals surface area contributed by atoms with Crippen LogP contribution in [0.4, 0.5) is 0 Å². The van der Waals surface area contributed by atoms with E-state index in [0.717, 1.165) is 0 Å². The Morgan fingerprint density at radius 2 is 1.79 bits per heavy atom. The zero-order chi connectivity index (χ0) is 21.0. The standard InChI is InChI=1S/C21H18O7S/c1-13(22)27-17-10-6-4-8-15(17)20(24)26-11-12-29(2)19-18(23)14-7-3-5-9-16(14)28-21(19)25/h3-10H,11-12H2,1-2H3. The molecule has 0 saturated carbocycles. The molecule has 1 aromatic heterocycles. The molecule has 0 amide bonds. The summed E-state index contributed by atoms with van der Waals surface area (Å²) in [7, 11) is -0.781. The molecule has 8 heteroatoms. The van der Waals surface area contributed by atoms with Gasteiger partial charge >= 0.3 is 17.6 Å². The van der Waals surface area contributed by atoms with Crippen molar-refractivity contribution in [2.24, 2.45) is 0 Å². The molecule has 150 valence electrons. The van der Waals surface area contributed by atoms with Gasteiger partial charge in [0, 0.05) is 23.2 Å². The second kappa shape index (κ2) is 8.83. The summed E-state index contributed by atoms with van der Waals surface area (Å²) >= 11 is 0. The van der Waals surface area contributed by atoms with Crippen LogP contribution < -0.4 is 15.5 Å². The van der Waals surface area contributed by atoms with Gasteiger partial charge < -0.3 is 19.0 Å². The van der Waals surface area contributed by atoms with E-state index in [1.807, 2.05) is 0 Å². The lowest BCUT2D eigenvalue weighted by Crippen LogP contribution is -2.22. The minimum Gasteiger partial charge on any atom is -0.868 e. The maximum absolute atomic E-state index is 12.6. The molecule has 1 unspecified atom stereocenters. The molecule has 0 aliphatic carbocycles. The fraction of sp³-hybridized carbons (Fsp3) is 0.190. The van der Waals surface area contributed by atoms with Crippen LogP contribution in [0.25, 0.3) is 11.0 Å². The Morgan fingerprint density at radius 3 is 2.55 bits per heavy atom. The van der Waals surface area contributed by atoms with Crippen molar-refractivity contribution in [3.63, 3.8) is 0 Å². The highest BCUT2D eigenvalue weighted by Gasteiger charge is 2.25. The fourth-order valence-corrected chi connectivity index (χ4v) is 4.01. The van der Waals surface area contributed by atoms with Gasteiger partial charge in [0.2, 0.25) is 4.90 Å². The van der Waals surface area contributed by atoms with Gasteiger partial charge in [-0.25, -0.2) is 9.59 Å². The van der Waals surface area contributed by atoms with Crippen LogP contribution in [-0.2, 0) is 20.4 Å². The number of rotatable bonds is 6. The van der Waals surface area contributed by atoms with Crippen LogP contribution in [0, 0.1) is 0 Å². The first-order valence-corrected chi connectivity index (χ1v) is 10.5. The maximum atomic E-state index is 12.6. The summed E-state index contributed by atoms with van der Waals surface area (Å²) in [4.78, 5) is 35.8. The molecule has 0 N–H and O–H groups in total. The number of fused-ring (bicyclic) bond motifs is 1. The van der Waals surface area contributed by atoms with Crippen molar-refractivity contribution in [2.75, 3.05) is 18.6 Å². The minimum absolute atomic E-state index is 0.0153. The van der Waals surface area contributed by atoms with Crippen molar-refractivity contribution >= 4 is 33.8 Å². The van der Waals surface area contributed by atoms with E-state index >= 15 is 0 Å². The van der Waals surface area contributed by atoms with Gasteiger partial charge in [0.05, 0.1) is 0 Å².